The Labute approximate surface area is 251 Å². The number of nitrogens with one attached hydrogen (secondary N) is 1. The van der Waals surface area contributed by atoms with Gasteiger partial charge in [-0.05, 0) is 32.9 Å². The molecule has 10 nitrogen and oxygen atoms in total. The second kappa shape index (κ2) is 12.1. The minimum Gasteiger partial charge on any atom is -0.466 e. The van der Waals surface area contributed by atoms with Crippen LogP contribution in [0.15, 0.2) is 46.7 Å². The Hall–Kier alpha value is -3.68. The molecule has 0 bridgehead atoms. The summed E-state index contributed by atoms with van der Waals surface area (Å²) in [5, 5.41) is 3.00. The molecule has 5 rings (SSSR count). The summed E-state index contributed by atoms with van der Waals surface area (Å²) in [7, 11) is 1.21. The Morgan fingerprint density at radius 3 is 2.60 bits per heavy atom. The van der Waals surface area contributed by atoms with Crippen molar-refractivity contribution in [1.29, 1.82) is 0 Å². The number of carbonyl (C=O) groups excluding carboxylic acids is 2. The molecule has 14 heteroatoms. The minimum atomic E-state index is -1.14. The summed E-state index contributed by atoms with van der Waals surface area (Å²) in [6.07, 6.45) is 0.0608. The predicted octanol–water partition coefficient (Wildman–Crippen LogP) is 3.99. The van der Waals surface area contributed by atoms with E-state index >= 15 is 0 Å². The van der Waals surface area contributed by atoms with E-state index in [9.17, 15) is 22.8 Å². The second-order valence-corrected chi connectivity index (χ2v) is 11.8. The fourth-order valence-corrected chi connectivity index (χ4v) is 5.63. The van der Waals surface area contributed by atoms with E-state index in [1.165, 1.54) is 19.2 Å². The standard InChI is InChI=1S/C29H31ClF3N5O5/c1-29(2,3)43-28(40)38-13-21-22(14-38)42-8-7-37(21)12-20-23(27(39)41-4)24(17-6-5-15(31)9-18(17)30)36-26(35-20)25-19(33)10-16(32)11-34-25/h5-6,9-11,21-22,24H,7-8,12-14H2,1-4H3,(H,35,36)/t21-,22-,24-/m0/s1. The number of nitrogens with zero attached hydrogens (tertiary/aromatic N) is 4. The highest BCUT2D eigenvalue weighted by atomic mass is 35.5. The third-order valence-corrected chi connectivity index (χ3v) is 7.58. The molecule has 2 fully saturated rings. The minimum absolute atomic E-state index is 0.0153. The molecule has 0 saturated carbocycles. The molecule has 0 radical (unpaired) electrons. The Morgan fingerprint density at radius 2 is 1.93 bits per heavy atom. The zero-order chi connectivity index (χ0) is 31.1. The van der Waals surface area contributed by atoms with Gasteiger partial charge in [-0.15, -0.1) is 0 Å². The molecule has 4 heterocycles. The van der Waals surface area contributed by atoms with Gasteiger partial charge in [-0.25, -0.2) is 27.7 Å². The Morgan fingerprint density at radius 1 is 1.16 bits per heavy atom. The van der Waals surface area contributed by atoms with Gasteiger partial charge in [0.2, 0.25) is 0 Å². The lowest BCUT2D eigenvalue weighted by Gasteiger charge is -2.38. The summed E-state index contributed by atoms with van der Waals surface area (Å²) in [5.41, 5.74) is -0.341. The van der Waals surface area contributed by atoms with Crippen LogP contribution >= 0.6 is 11.6 Å². The van der Waals surface area contributed by atoms with Gasteiger partial charge in [0, 0.05) is 42.0 Å². The molecular weight excluding hydrogens is 591 g/mol. The van der Waals surface area contributed by atoms with Crippen molar-refractivity contribution in [1.82, 2.24) is 20.1 Å². The van der Waals surface area contributed by atoms with Crippen LogP contribution in [0.25, 0.3) is 0 Å². The van der Waals surface area contributed by atoms with Crippen LogP contribution in [0.5, 0.6) is 0 Å². The molecule has 1 amide bonds. The van der Waals surface area contributed by atoms with E-state index in [4.69, 9.17) is 25.8 Å². The third-order valence-electron chi connectivity index (χ3n) is 7.25. The fourth-order valence-electron chi connectivity index (χ4n) is 5.36. The van der Waals surface area contributed by atoms with Crippen LogP contribution in [-0.4, -0.2) is 90.3 Å². The highest BCUT2D eigenvalue weighted by Crippen LogP contribution is 2.37. The van der Waals surface area contributed by atoms with Crippen LogP contribution in [0.2, 0.25) is 5.02 Å². The summed E-state index contributed by atoms with van der Waals surface area (Å²) < 4.78 is 59.2. The van der Waals surface area contributed by atoms with E-state index in [1.807, 2.05) is 4.90 Å². The number of rotatable bonds is 5. The number of pyridine rings is 1. The molecule has 0 unspecified atom stereocenters. The van der Waals surface area contributed by atoms with Gasteiger partial charge in [0.15, 0.2) is 11.7 Å². The molecule has 1 N–H and O–H groups in total. The SMILES string of the molecule is COC(=O)C1=C(CN2CCO[C@H]3CN(C(=O)OC(C)(C)C)C[C@@H]32)NC(c2ncc(F)cc2F)=N[C@H]1c1ccc(F)cc1Cl. The number of morpholine rings is 1. The number of carbonyl (C=O) groups is 2. The summed E-state index contributed by atoms with van der Waals surface area (Å²) >= 11 is 6.41. The molecule has 2 saturated heterocycles. The van der Waals surface area contributed by atoms with E-state index in [0.29, 0.717) is 38.0 Å². The Kier molecular flexibility index (Phi) is 8.68. The van der Waals surface area contributed by atoms with Gasteiger partial charge < -0.3 is 24.4 Å². The number of aromatic nitrogens is 1. The van der Waals surface area contributed by atoms with Crippen LogP contribution in [0.1, 0.15) is 38.1 Å². The first kappa shape index (κ1) is 30.8. The molecule has 0 aliphatic carbocycles. The van der Waals surface area contributed by atoms with Gasteiger partial charge in [-0.1, -0.05) is 17.7 Å². The zero-order valence-electron chi connectivity index (χ0n) is 24.0. The molecule has 3 aliphatic rings. The van der Waals surface area contributed by atoms with E-state index < -0.39 is 41.2 Å². The number of ether oxygens (including phenoxy) is 3. The van der Waals surface area contributed by atoms with Crippen molar-refractivity contribution in [2.75, 3.05) is 39.9 Å². The Balaban J connectivity index is 1.54. The van der Waals surface area contributed by atoms with Gasteiger partial charge >= 0.3 is 12.1 Å². The number of benzene rings is 1. The van der Waals surface area contributed by atoms with Crippen molar-refractivity contribution in [3.8, 4) is 0 Å². The van der Waals surface area contributed by atoms with Gasteiger partial charge in [0.05, 0.1) is 44.2 Å². The molecule has 3 atom stereocenters. The lowest BCUT2D eigenvalue weighted by molar-refractivity contribution is -0.136. The topological polar surface area (TPSA) is 106 Å². The van der Waals surface area contributed by atoms with E-state index in [0.717, 1.165) is 12.3 Å². The average Bonchev–Trinajstić information content (AvgIpc) is 3.37. The maximum atomic E-state index is 14.9. The molecule has 2 aromatic rings. The van der Waals surface area contributed by atoms with Gasteiger partial charge in [-0.3, -0.25) is 9.89 Å². The first-order chi connectivity index (χ1) is 20.3. The van der Waals surface area contributed by atoms with Gasteiger partial charge in [-0.2, -0.15) is 0 Å². The fraction of sp³-hybridized carbons (Fsp3) is 0.448. The molecule has 3 aliphatic heterocycles. The normalized spacial score (nSPS) is 22.6. The number of esters is 1. The predicted molar refractivity (Wildman–Crippen MR) is 150 cm³/mol. The van der Waals surface area contributed by atoms with Crippen LogP contribution in [0, 0.1) is 17.5 Å². The summed E-state index contributed by atoms with van der Waals surface area (Å²) in [4.78, 5) is 38.1. The summed E-state index contributed by atoms with van der Waals surface area (Å²) in [5.74, 6) is -3.28. The Bertz CT molecular complexity index is 1500. The van der Waals surface area contributed by atoms with Crippen molar-refractivity contribution in [3.05, 3.63) is 75.5 Å². The van der Waals surface area contributed by atoms with Crippen LogP contribution in [-0.2, 0) is 19.0 Å². The number of halogens is 4. The largest absolute Gasteiger partial charge is 0.466 e. The third kappa shape index (κ3) is 6.63. The molecular formula is C29H31ClF3N5O5. The number of amides is 1. The van der Waals surface area contributed by atoms with Crippen LogP contribution < -0.4 is 5.32 Å². The van der Waals surface area contributed by atoms with Crippen molar-refractivity contribution in [3.63, 3.8) is 0 Å². The lowest BCUT2D eigenvalue weighted by Crippen LogP contribution is -2.53. The number of fused-ring (bicyclic) bond motifs is 1. The van der Waals surface area contributed by atoms with Gasteiger partial charge in [0.25, 0.3) is 0 Å². The lowest BCUT2D eigenvalue weighted by atomic mass is 9.94. The molecule has 1 aromatic carbocycles. The number of hydrogen-bond acceptors (Lipinski definition) is 9. The van der Waals surface area contributed by atoms with Crippen molar-refractivity contribution < 1.29 is 37.0 Å². The van der Waals surface area contributed by atoms with Crippen molar-refractivity contribution in [2.24, 2.45) is 4.99 Å². The molecule has 230 valence electrons. The number of likely N-dealkylation sites (tertiary alicyclic amines) is 1. The maximum Gasteiger partial charge on any atom is 0.410 e. The first-order valence-electron chi connectivity index (χ1n) is 13.6. The van der Waals surface area contributed by atoms with Crippen molar-refractivity contribution >= 4 is 29.5 Å². The highest BCUT2D eigenvalue weighted by Gasteiger charge is 2.44. The number of aliphatic imine (C=N–C) groups is 1. The monoisotopic (exact) mass is 621 g/mol. The van der Waals surface area contributed by atoms with E-state index in [1.54, 1.807) is 25.7 Å². The number of amidine groups is 1. The van der Waals surface area contributed by atoms with E-state index in [2.05, 4.69) is 15.3 Å². The maximum absolute atomic E-state index is 14.9. The molecule has 43 heavy (non-hydrogen) atoms. The average molecular weight is 622 g/mol. The van der Waals surface area contributed by atoms with Crippen LogP contribution in [0.4, 0.5) is 18.0 Å². The van der Waals surface area contributed by atoms with Crippen LogP contribution in [0.3, 0.4) is 0 Å². The van der Waals surface area contributed by atoms with E-state index in [-0.39, 0.29) is 46.4 Å². The molecule has 0 spiro atoms. The second-order valence-electron chi connectivity index (χ2n) is 11.4. The molecule has 1 aromatic heterocycles. The first-order valence-corrected chi connectivity index (χ1v) is 14.0. The smallest absolute Gasteiger partial charge is 0.410 e. The van der Waals surface area contributed by atoms with Gasteiger partial charge in [0.1, 0.15) is 29.0 Å². The highest BCUT2D eigenvalue weighted by molar-refractivity contribution is 6.31. The summed E-state index contributed by atoms with van der Waals surface area (Å²) in [6.45, 7) is 6.89. The quantitative estimate of drug-likeness (QED) is 0.500. The zero-order valence-corrected chi connectivity index (χ0v) is 24.8. The number of hydrogen-bond donors (Lipinski definition) is 1. The van der Waals surface area contributed by atoms with Crippen molar-refractivity contribution in [2.45, 2.75) is 44.6 Å². The summed E-state index contributed by atoms with van der Waals surface area (Å²) in [6, 6.07) is 2.89. The number of methoxy groups -OCH3 is 1.